The van der Waals surface area contributed by atoms with E-state index in [2.05, 4.69) is 0 Å². The molecule has 0 aliphatic rings. The van der Waals surface area contributed by atoms with E-state index in [0.29, 0.717) is 0 Å². The second-order valence-corrected chi connectivity index (χ2v) is 3.77. The normalized spacial score (nSPS) is 12.0. The third kappa shape index (κ3) is 1.39. The maximum atomic E-state index is 9.57. The lowest BCUT2D eigenvalue weighted by Gasteiger charge is -2.16. The monoisotopic (exact) mass is 156 g/mol. The summed E-state index contributed by atoms with van der Waals surface area (Å²) in [7, 11) is 0. The van der Waals surface area contributed by atoms with Crippen LogP contribution in [0.25, 0.3) is 0 Å². The van der Waals surface area contributed by atoms with Gasteiger partial charge in [0.1, 0.15) is 0 Å². The molecule has 1 nitrogen and oxygen atoms in total. The van der Waals surface area contributed by atoms with Gasteiger partial charge in [-0.25, -0.2) is 0 Å². The minimum absolute atomic E-state index is 0.677. The summed E-state index contributed by atoms with van der Waals surface area (Å²) in [6, 6.07) is 0. The Labute approximate surface area is 65.3 Å². The van der Waals surface area contributed by atoms with Crippen molar-refractivity contribution in [1.82, 2.24) is 0 Å². The highest BCUT2D eigenvalue weighted by Crippen LogP contribution is 2.25. The Bertz CT molecular complexity index is 219. The second-order valence-electron chi connectivity index (χ2n) is 3.03. The maximum absolute atomic E-state index is 9.57. The Morgan fingerprint density at radius 1 is 1.40 bits per heavy atom. The van der Waals surface area contributed by atoms with Crippen LogP contribution in [-0.4, -0.2) is 5.11 Å². The molecular weight excluding hydrogens is 144 g/mol. The van der Waals surface area contributed by atoms with Crippen molar-refractivity contribution in [1.29, 1.82) is 0 Å². The van der Waals surface area contributed by atoms with Crippen LogP contribution in [0.15, 0.2) is 10.8 Å². The van der Waals surface area contributed by atoms with Crippen LogP contribution < -0.4 is 0 Å². The van der Waals surface area contributed by atoms with Gasteiger partial charge in [0, 0.05) is 0 Å². The minimum Gasteiger partial charge on any atom is -0.386 e. The van der Waals surface area contributed by atoms with Gasteiger partial charge in [0.2, 0.25) is 0 Å². The van der Waals surface area contributed by atoms with Gasteiger partial charge in [-0.1, -0.05) is 0 Å². The second kappa shape index (κ2) is 2.36. The van der Waals surface area contributed by atoms with E-state index in [0.717, 1.165) is 5.56 Å². The zero-order chi connectivity index (χ0) is 7.78. The van der Waals surface area contributed by atoms with Crippen LogP contribution in [0.4, 0.5) is 0 Å². The van der Waals surface area contributed by atoms with Crippen LogP contribution in [0.5, 0.6) is 0 Å². The maximum Gasteiger partial charge on any atom is 0.0851 e. The van der Waals surface area contributed by atoms with Crippen molar-refractivity contribution in [2.45, 2.75) is 26.4 Å². The van der Waals surface area contributed by atoms with Crippen LogP contribution in [0, 0.1) is 6.92 Å². The molecule has 1 aromatic rings. The molecule has 0 fully saturated rings. The van der Waals surface area contributed by atoms with E-state index in [4.69, 9.17) is 0 Å². The highest BCUT2D eigenvalue weighted by Gasteiger charge is 2.18. The van der Waals surface area contributed by atoms with Gasteiger partial charge in [0.05, 0.1) is 5.60 Å². The van der Waals surface area contributed by atoms with Crippen molar-refractivity contribution >= 4 is 11.3 Å². The summed E-state index contributed by atoms with van der Waals surface area (Å²) in [5.74, 6) is 0. The zero-order valence-electron chi connectivity index (χ0n) is 6.51. The molecule has 1 N–H and O–H groups in total. The molecule has 2 heteroatoms. The fourth-order valence-electron chi connectivity index (χ4n) is 0.987. The number of aliphatic hydroxyl groups is 1. The first-order valence-electron chi connectivity index (χ1n) is 3.27. The SMILES string of the molecule is Cc1cscc1C(C)(C)O. The third-order valence-corrected chi connectivity index (χ3v) is 2.38. The predicted octanol–water partition coefficient (Wildman–Crippen LogP) is 2.28. The highest BCUT2D eigenvalue weighted by molar-refractivity contribution is 7.08. The van der Waals surface area contributed by atoms with Gasteiger partial charge in [0.25, 0.3) is 0 Å². The van der Waals surface area contributed by atoms with Crippen LogP contribution in [-0.2, 0) is 5.60 Å². The fourth-order valence-corrected chi connectivity index (χ4v) is 2.00. The zero-order valence-corrected chi connectivity index (χ0v) is 7.33. The fraction of sp³-hybridized carbons (Fsp3) is 0.500. The molecule has 0 unspecified atom stereocenters. The number of hydrogen-bond acceptors (Lipinski definition) is 2. The van der Waals surface area contributed by atoms with Gasteiger partial charge in [0.15, 0.2) is 0 Å². The molecule has 1 heterocycles. The first-order valence-corrected chi connectivity index (χ1v) is 4.22. The number of aryl methyl sites for hydroxylation is 1. The smallest absolute Gasteiger partial charge is 0.0851 e. The Morgan fingerprint density at radius 3 is 2.20 bits per heavy atom. The molecule has 0 saturated heterocycles. The van der Waals surface area contributed by atoms with Crippen molar-refractivity contribution in [2.75, 3.05) is 0 Å². The molecule has 0 aliphatic carbocycles. The summed E-state index contributed by atoms with van der Waals surface area (Å²) in [5, 5.41) is 13.6. The molecular formula is C8H12OS. The van der Waals surface area contributed by atoms with E-state index in [-0.39, 0.29) is 0 Å². The topological polar surface area (TPSA) is 20.2 Å². The van der Waals surface area contributed by atoms with Crippen molar-refractivity contribution in [2.24, 2.45) is 0 Å². The van der Waals surface area contributed by atoms with Gasteiger partial charge in [-0.2, -0.15) is 11.3 Å². The molecule has 0 radical (unpaired) electrons. The average Bonchev–Trinajstić information content (AvgIpc) is 2.11. The molecule has 1 aromatic heterocycles. The Morgan fingerprint density at radius 2 is 2.00 bits per heavy atom. The van der Waals surface area contributed by atoms with Gasteiger partial charge in [-0.05, 0) is 42.7 Å². The van der Waals surface area contributed by atoms with E-state index in [1.807, 2.05) is 31.5 Å². The van der Waals surface area contributed by atoms with Crippen molar-refractivity contribution in [3.05, 3.63) is 21.9 Å². The molecule has 0 spiro atoms. The summed E-state index contributed by atoms with van der Waals surface area (Å²) in [6.45, 7) is 5.63. The molecule has 0 aromatic carbocycles. The summed E-state index contributed by atoms with van der Waals surface area (Å²) >= 11 is 1.63. The largest absolute Gasteiger partial charge is 0.386 e. The Balaban J connectivity index is 3.05. The average molecular weight is 156 g/mol. The molecule has 0 saturated carbocycles. The lowest BCUT2D eigenvalue weighted by atomic mass is 9.99. The van der Waals surface area contributed by atoms with Crippen LogP contribution in [0.2, 0.25) is 0 Å². The molecule has 0 amide bonds. The molecule has 0 aliphatic heterocycles. The summed E-state index contributed by atoms with van der Waals surface area (Å²) in [5.41, 5.74) is 1.54. The first-order chi connectivity index (χ1) is 4.52. The third-order valence-electron chi connectivity index (χ3n) is 1.51. The molecule has 1 rings (SSSR count). The number of hydrogen-bond donors (Lipinski definition) is 1. The number of thiophene rings is 1. The predicted molar refractivity (Wildman–Crippen MR) is 44.3 cm³/mol. The van der Waals surface area contributed by atoms with Crippen LogP contribution >= 0.6 is 11.3 Å². The standard InChI is InChI=1S/C8H12OS/c1-6-4-10-5-7(6)8(2,3)9/h4-5,9H,1-3H3. The van der Waals surface area contributed by atoms with Crippen LogP contribution in [0.1, 0.15) is 25.0 Å². The summed E-state index contributed by atoms with van der Waals surface area (Å²) in [6.07, 6.45) is 0. The minimum atomic E-state index is -0.677. The van der Waals surface area contributed by atoms with E-state index in [9.17, 15) is 5.11 Å². The van der Waals surface area contributed by atoms with Gasteiger partial charge < -0.3 is 5.11 Å². The Kier molecular flexibility index (Phi) is 1.84. The van der Waals surface area contributed by atoms with Gasteiger partial charge >= 0.3 is 0 Å². The Hall–Kier alpha value is -0.340. The molecule has 10 heavy (non-hydrogen) atoms. The molecule has 0 atom stereocenters. The van der Waals surface area contributed by atoms with E-state index >= 15 is 0 Å². The summed E-state index contributed by atoms with van der Waals surface area (Å²) in [4.78, 5) is 0. The van der Waals surface area contributed by atoms with Crippen LogP contribution in [0.3, 0.4) is 0 Å². The van der Waals surface area contributed by atoms with Crippen molar-refractivity contribution < 1.29 is 5.11 Å². The molecule has 56 valence electrons. The number of rotatable bonds is 1. The lowest BCUT2D eigenvalue weighted by Crippen LogP contribution is -2.15. The van der Waals surface area contributed by atoms with E-state index in [1.165, 1.54) is 5.56 Å². The molecule has 0 bridgehead atoms. The highest BCUT2D eigenvalue weighted by atomic mass is 32.1. The van der Waals surface area contributed by atoms with Crippen molar-refractivity contribution in [3.63, 3.8) is 0 Å². The van der Waals surface area contributed by atoms with Gasteiger partial charge in [-0.15, -0.1) is 0 Å². The van der Waals surface area contributed by atoms with Crippen molar-refractivity contribution in [3.8, 4) is 0 Å². The van der Waals surface area contributed by atoms with E-state index < -0.39 is 5.60 Å². The quantitative estimate of drug-likeness (QED) is 0.661. The van der Waals surface area contributed by atoms with Gasteiger partial charge in [-0.3, -0.25) is 0 Å². The van der Waals surface area contributed by atoms with E-state index in [1.54, 1.807) is 11.3 Å². The first kappa shape index (κ1) is 7.76. The lowest BCUT2D eigenvalue weighted by molar-refractivity contribution is 0.0784. The summed E-state index contributed by atoms with van der Waals surface area (Å²) < 4.78 is 0.